The Morgan fingerprint density at radius 3 is 2.65 bits per heavy atom. The summed E-state index contributed by atoms with van der Waals surface area (Å²) < 4.78 is 13.4. The molecule has 2 rings (SSSR count). The van der Waals surface area contributed by atoms with Crippen LogP contribution in [0.25, 0.3) is 0 Å². The summed E-state index contributed by atoms with van der Waals surface area (Å²) in [5, 5.41) is 8.27. The van der Waals surface area contributed by atoms with Crippen molar-refractivity contribution in [3.05, 3.63) is 57.5 Å². The fourth-order valence-electron chi connectivity index (χ4n) is 2.05. The van der Waals surface area contributed by atoms with Gasteiger partial charge in [-0.1, -0.05) is 18.2 Å². The van der Waals surface area contributed by atoms with Gasteiger partial charge < -0.3 is 15.5 Å². The molecule has 0 saturated heterocycles. The number of hydrogen-bond donors (Lipinski definition) is 2. The first-order chi connectivity index (χ1) is 12.0. The Kier molecular flexibility index (Phi) is 9.57. The number of aryl methyl sites for hydroxylation is 1. The van der Waals surface area contributed by atoms with Crippen LogP contribution in [0.15, 0.2) is 40.7 Å². The highest BCUT2D eigenvalue weighted by atomic mass is 127. The van der Waals surface area contributed by atoms with Crippen molar-refractivity contribution in [2.24, 2.45) is 4.99 Å². The first-order valence-corrected chi connectivity index (χ1v) is 8.83. The lowest BCUT2D eigenvalue weighted by Crippen LogP contribution is -2.42. The molecule has 0 spiro atoms. The van der Waals surface area contributed by atoms with Crippen molar-refractivity contribution in [1.29, 1.82) is 0 Å². The van der Waals surface area contributed by atoms with E-state index in [-0.39, 0.29) is 42.2 Å². The number of guanidine groups is 1. The number of amides is 1. The summed E-state index contributed by atoms with van der Waals surface area (Å²) in [4.78, 5) is 19.0. The van der Waals surface area contributed by atoms with E-state index in [1.54, 1.807) is 44.5 Å². The third kappa shape index (κ3) is 7.28. The molecule has 0 radical (unpaired) electrons. The lowest BCUT2D eigenvalue weighted by molar-refractivity contribution is -0.127. The van der Waals surface area contributed by atoms with Crippen LogP contribution in [0.5, 0.6) is 0 Å². The minimum Gasteiger partial charge on any atom is -0.351 e. The van der Waals surface area contributed by atoms with Crippen molar-refractivity contribution in [1.82, 2.24) is 15.5 Å². The van der Waals surface area contributed by atoms with E-state index in [4.69, 9.17) is 0 Å². The number of nitrogens with zero attached hydrogens (tertiary/aromatic N) is 2. The van der Waals surface area contributed by atoms with Crippen LogP contribution in [0.3, 0.4) is 0 Å². The monoisotopic (exact) mass is 490 g/mol. The maximum absolute atomic E-state index is 13.4. The maximum Gasteiger partial charge on any atom is 0.241 e. The second kappa shape index (κ2) is 11.1. The molecule has 142 valence electrons. The summed E-state index contributed by atoms with van der Waals surface area (Å²) in [6, 6.07) is 8.96. The van der Waals surface area contributed by atoms with Crippen LogP contribution in [-0.2, 0) is 17.9 Å². The molecule has 2 N–H and O–H groups in total. The zero-order valence-corrected chi connectivity index (χ0v) is 18.2. The van der Waals surface area contributed by atoms with Gasteiger partial charge in [0.05, 0.1) is 19.6 Å². The molecule has 5 nitrogen and oxygen atoms in total. The molecule has 1 amide bonds. The van der Waals surface area contributed by atoms with E-state index >= 15 is 0 Å². The van der Waals surface area contributed by atoms with Gasteiger partial charge in [0.1, 0.15) is 5.82 Å². The van der Waals surface area contributed by atoms with Gasteiger partial charge in [-0.2, -0.15) is 0 Å². The Morgan fingerprint density at radius 1 is 1.27 bits per heavy atom. The maximum atomic E-state index is 13.4. The van der Waals surface area contributed by atoms with Gasteiger partial charge in [0, 0.05) is 19.0 Å². The van der Waals surface area contributed by atoms with Crippen LogP contribution in [0.1, 0.15) is 16.0 Å². The third-order valence-corrected chi connectivity index (χ3v) is 4.43. The van der Waals surface area contributed by atoms with Crippen LogP contribution in [-0.4, -0.2) is 37.4 Å². The van der Waals surface area contributed by atoms with Gasteiger partial charge in [-0.3, -0.25) is 4.79 Å². The minimum atomic E-state index is -0.224. The molecule has 8 heteroatoms. The average Bonchev–Trinajstić information content (AvgIpc) is 3.10. The largest absolute Gasteiger partial charge is 0.351 e. The van der Waals surface area contributed by atoms with Gasteiger partial charge in [0.15, 0.2) is 5.96 Å². The smallest absolute Gasteiger partial charge is 0.241 e. The molecule has 0 bridgehead atoms. The van der Waals surface area contributed by atoms with E-state index in [9.17, 15) is 9.18 Å². The van der Waals surface area contributed by atoms with E-state index in [2.05, 4.69) is 15.6 Å². The van der Waals surface area contributed by atoms with Gasteiger partial charge >= 0.3 is 0 Å². The number of halogens is 2. The molecular weight excluding hydrogens is 466 g/mol. The Morgan fingerprint density at radius 2 is 2.04 bits per heavy atom. The number of rotatable bonds is 6. The Balaban J connectivity index is 0.00000338. The molecule has 1 heterocycles. The van der Waals surface area contributed by atoms with Crippen LogP contribution in [0.2, 0.25) is 0 Å². The van der Waals surface area contributed by atoms with Crippen LogP contribution in [0.4, 0.5) is 4.39 Å². The predicted molar refractivity (Wildman–Crippen MR) is 116 cm³/mol. The molecule has 0 unspecified atom stereocenters. The fourth-order valence-corrected chi connectivity index (χ4v) is 2.70. The van der Waals surface area contributed by atoms with Crippen molar-refractivity contribution in [3.8, 4) is 0 Å². The van der Waals surface area contributed by atoms with E-state index in [0.29, 0.717) is 24.6 Å². The van der Waals surface area contributed by atoms with Crippen LogP contribution in [0, 0.1) is 12.7 Å². The normalized spacial score (nSPS) is 10.8. The van der Waals surface area contributed by atoms with Crippen molar-refractivity contribution >= 4 is 47.2 Å². The Labute approximate surface area is 174 Å². The Hall–Kier alpha value is -1.68. The molecule has 0 atom stereocenters. The fraction of sp³-hybridized carbons (Fsp3) is 0.333. The molecule has 0 aliphatic carbocycles. The van der Waals surface area contributed by atoms with Crippen molar-refractivity contribution < 1.29 is 9.18 Å². The quantitative estimate of drug-likeness (QED) is 0.372. The number of benzene rings is 1. The van der Waals surface area contributed by atoms with Gasteiger partial charge in [-0.15, -0.1) is 35.3 Å². The first-order valence-electron chi connectivity index (χ1n) is 7.95. The molecule has 1 aromatic heterocycles. The highest BCUT2D eigenvalue weighted by molar-refractivity contribution is 14.0. The van der Waals surface area contributed by atoms with Gasteiger partial charge in [-0.05, 0) is 35.6 Å². The number of likely N-dealkylation sites (N-methyl/N-ethyl adjacent to an activating group) is 1. The second-order valence-corrected chi connectivity index (χ2v) is 6.86. The molecule has 0 fully saturated rings. The summed E-state index contributed by atoms with van der Waals surface area (Å²) in [7, 11) is 3.42. The predicted octanol–water partition coefficient (Wildman–Crippen LogP) is 3.14. The lowest BCUT2D eigenvalue weighted by atomic mass is 10.1. The molecular formula is C18H24FIN4OS. The van der Waals surface area contributed by atoms with E-state index in [1.165, 1.54) is 15.8 Å². The van der Waals surface area contributed by atoms with Crippen molar-refractivity contribution in [3.63, 3.8) is 0 Å². The number of carbonyl (C=O) groups excluding carboxylic acids is 1. The number of aliphatic imine (C=N–C) groups is 1. The molecule has 26 heavy (non-hydrogen) atoms. The van der Waals surface area contributed by atoms with Crippen LogP contribution < -0.4 is 10.6 Å². The van der Waals surface area contributed by atoms with Crippen molar-refractivity contribution in [2.75, 3.05) is 20.6 Å². The number of thiophene rings is 1. The summed E-state index contributed by atoms with van der Waals surface area (Å²) >= 11 is 1.65. The molecule has 0 aliphatic rings. The standard InChI is InChI=1S/C18H23FN4OS.HI/c1-13-9-14(6-7-16(13)19)10-20-18(22-12-17(24)23(2)3)21-11-15-5-4-8-25-15;/h4-9H,10-12H2,1-3H3,(H2,20,21,22);1H. The average molecular weight is 490 g/mol. The zero-order chi connectivity index (χ0) is 18.2. The van der Waals surface area contributed by atoms with Crippen molar-refractivity contribution in [2.45, 2.75) is 20.0 Å². The van der Waals surface area contributed by atoms with Gasteiger partial charge in [-0.25, -0.2) is 9.38 Å². The molecule has 2 aromatic rings. The van der Waals surface area contributed by atoms with E-state index in [0.717, 1.165) is 5.56 Å². The lowest BCUT2D eigenvalue weighted by Gasteiger charge is -2.14. The summed E-state index contributed by atoms with van der Waals surface area (Å²) in [6.45, 7) is 2.91. The number of hydrogen-bond acceptors (Lipinski definition) is 3. The summed E-state index contributed by atoms with van der Waals surface area (Å²) in [5.74, 6) is 0.285. The molecule has 0 aliphatic heterocycles. The first kappa shape index (κ1) is 22.4. The molecule has 0 saturated carbocycles. The van der Waals surface area contributed by atoms with E-state index in [1.807, 2.05) is 17.5 Å². The van der Waals surface area contributed by atoms with E-state index < -0.39 is 0 Å². The highest BCUT2D eigenvalue weighted by Gasteiger charge is 2.06. The third-order valence-electron chi connectivity index (χ3n) is 3.56. The topological polar surface area (TPSA) is 56.7 Å². The van der Waals surface area contributed by atoms with Gasteiger partial charge in [0.25, 0.3) is 0 Å². The van der Waals surface area contributed by atoms with Crippen LogP contribution >= 0.6 is 35.3 Å². The SMILES string of the molecule is Cc1cc(CN=C(NCC(=O)N(C)C)NCc2cccs2)ccc1F.I. The molecule has 1 aromatic carbocycles. The Bertz CT molecular complexity index is 735. The summed E-state index contributed by atoms with van der Waals surface area (Å²) in [5.41, 5.74) is 1.51. The highest BCUT2D eigenvalue weighted by Crippen LogP contribution is 2.10. The summed E-state index contributed by atoms with van der Waals surface area (Å²) in [6.07, 6.45) is 0. The van der Waals surface area contributed by atoms with Gasteiger partial charge in [0.2, 0.25) is 5.91 Å². The second-order valence-electron chi connectivity index (χ2n) is 5.82. The minimum absolute atomic E-state index is 0. The zero-order valence-electron chi connectivity index (χ0n) is 15.1. The number of nitrogens with one attached hydrogen (secondary N) is 2. The number of carbonyl (C=O) groups is 1.